The lowest BCUT2D eigenvalue weighted by atomic mass is 10.1. The van der Waals surface area contributed by atoms with Crippen LogP contribution in [0.25, 0.3) is 0 Å². The van der Waals surface area contributed by atoms with E-state index in [4.69, 9.17) is 15.7 Å². The second-order valence-corrected chi connectivity index (χ2v) is 4.67. The molecule has 96 valence electrons. The molecule has 0 radical (unpaired) electrons. The first-order valence-corrected chi connectivity index (χ1v) is 6.06. The molecule has 0 aliphatic heterocycles. The Kier molecular flexibility index (Phi) is 3.43. The van der Waals surface area contributed by atoms with E-state index < -0.39 is 0 Å². The van der Waals surface area contributed by atoms with Gasteiger partial charge in [-0.1, -0.05) is 6.07 Å². The van der Waals surface area contributed by atoms with E-state index in [0.29, 0.717) is 17.0 Å². The molecule has 0 aliphatic rings. The standard InChI is InChI=1S/C16H16N2O/c1-10-6-11(2)12(3)16(7-10)19-15-5-4-13(9-17)8-14(15)18/h4-8H,18H2,1-3H3. The predicted octanol–water partition coefficient (Wildman–Crippen LogP) is 3.86. The molecule has 19 heavy (non-hydrogen) atoms. The molecule has 0 saturated carbocycles. The summed E-state index contributed by atoms with van der Waals surface area (Å²) < 4.78 is 5.87. The Morgan fingerprint density at radius 1 is 1.05 bits per heavy atom. The molecular formula is C16H16N2O. The van der Waals surface area contributed by atoms with Crippen molar-refractivity contribution in [3.05, 3.63) is 52.6 Å². The van der Waals surface area contributed by atoms with Crippen LogP contribution in [0.3, 0.4) is 0 Å². The zero-order valence-electron chi connectivity index (χ0n) is 11.3. The second-order valence-electron chi connectivity index (χ2n) is 4.67. The van der Waals surface area contributed by atoms with Crippen LogP contribution in [0.2, 0.25) is 0 Å². The van der Waals surface area contributed by atoms with Gasteiger partial charge in [-0.05, 0) is 61.7 Å². The Morgan fingerprint density at radius 2 is 1.79 bits per heavy atom. The van der Waals surface area contributed by atoms with Gasteiger partial charge in [0.2, 0.25) is 0 Å². The lowest BCUT2D eigenvalue weighted by Crippen LogP contribution is -1.96. The van der Waals surface area contributed by atoms with E-state index in [9.17, 15) is 0 Å². The van der Waals surface area contributed by atoms with E-state index in [1.54, 1.807) is 18.2 Å². The van der Waals surface area contributed by atoms with E-state index in [1.807, 2.05) is 19.9 Å². The topological polar surface area (TPSA) is 59.0 Å². The summed E-state index contributed by atoms with van der Waals surface area (Å²) in [4.78, 5) is 0. The van der Waals surface area contributed by atoms with Gasteiger partial charge >= 0.3 is 0 Å². The van der Waals surface area contributed by atoms with Gasteiger partial charge in [-0.15, -0.1) is 0 Å². The molecule has 0 spiro atoms. The number of hydrogen-bond acceptors (Lipinski definition) is 3. The van der Waals surface area contributed by atoms with E-state index in [-0.39, 0.29) is 0 Å². The number of nitrogens with two attached hydrogens (primary N) is 1. The minimum Gasteiger partial charge on any atom is -0.455 e. The van der Waals surface area contributed by atoms with Gasteiger partial charge in [-0.3, -0.25) is 0 Å². The first-order chi connectivity index (χ1) is 9.01. The summed E-state index contributed by atoms with van der Waals surface area (Å²) >= 11 is 0. The number of benzene rings is 2. The Bertz CT molecular complexity index is 669. The summed E-state index contributed by atoms with van der Waals surface area (Å²) in [7, 11) is 0. The van der Waals surface area contributed by atoms with Crippen LogP contribution in [0.1, 0.15) is 22.3 Å². The maximum Gasteiger partial charge on any atom is 0.150 e. The maximum atomic E-state index is 8.81. The van der Waals surface area contributed by atoms with Crippen LogP contribution in [0, 0.1) is 32.1 Å². The van der Waals surface area contributed by atoms with Crippen molar-refractivity contribution in [2.24, 2.45) is 0 Å². The van der Waals surface area contributed by atoms with E-state index in [1.165, 1.54) is 5.56 Å². The summed E-state index contributed by atoms with van der Waals surface area (Å²) in [5.74, 6) is 1.38. The lowest BCUT2D eigenvalue weighted by molar-refractivity contribution is 0.480. The first-order valence-electron chi connectivity index (χ1n) is 6.06. The van der Waals surface area contributed by atoms with Crippen molar-refractivity contribution in [1.82, 2.24) is 0 Å². The zero-order chi connectivity index (χ0) is 14.0. The van der Waals surface area contributed by atoms with Crippen molar-refractivity contribution in [3.8, 4) is 17.6 Å². The van der Waals surface area contributed by atoms with Crippen LogP contribution in [-0.4, -0.2) is 0 Å². The smallest absolute Gasteiger partial charge is 0.150 e. The number of nitrogen functional groups attached to an aromatic ring is 1. The average molecular weight is 252 g/mol. The number of ether oxygens (including phenoxy) is 1. The zero-order valence-corrected chi connectivity index (χ0v) is 11.3. The van der Waals surface area contributed by atoms with E-state index >= 15 is 0 Å². The van der Waals surface area contributed by atoms with Gasteiger partial charge in [0.1, 0.15) is 11.5 Å². The minimum atomic E-state index is 0.470. The van der Waals surface area contributed by atoms with E-state index in [2.05, 4.69) is 19.1 Å². The molecule has 0 amide bonds. The normalized spacial score (nSPS) is 10.0. The number of nitriles is 1. The molecule has 0 aliphatic carbocycles. The number of aryl methyl sites for hydroxylation is 2. The summed E-state index contributed by atoms with van der Waals surface area (Å²) in [5, 5.41) is 8.81. The van der Waals surface area contributed by atoms with Crippen LogP contribution in [0.5, 0.6) is 11.5 Å². The second kappa shape index (κ2) is 5.03. The fourth-order valence-corrected chi connectivity index (χ4v) is 1.94. The Balaban J connectivity index is 2.39. The molecule has 3 heteroatoms. The van der Waals surface area contributed by atoms with Crippen molar-refractivity contribution in [2.75, 3.05) is 5.73 Å². The van der Waals surface area contributed by atoms with Gasteiger partial charge in [0.25, 0.3) is 0 Å². The minimum absolute atomic E-state index is 0.470. The number of hydrogen-bond donors (Lipinski definition) is 1. The summed E-state index contributed by atoms with van der Waals surface area (Å²) in [6, 6.07) is 11.2. The van der Waals surface area contributed by atoms with Crippen molar-refractivity contribution in [3.63, 3.8) is 0 Å². The van der Waals surface area contributed by atoms with Crippen LogP contribution in [0.15, 0.2) is 30.3 Å². The summed E-state index contributed by atoms with van der Waals surface area (Å²) in [6.45, 7) is 6.10. The van der Waals surface area contributed by atoms with Gasteiger partial charge in [0.05, 0.1) is 17.3 Å². The molecule has 2 N–H and O–H groups in total. The van der Waals surface area contributed by atoms with Gasteiger partial charge in [0.15, 0.2) is 0 Å². The molecule has 0 atom stereocenters. The van der Waals surface area contributed by atoms with Gasteiger partial charge in [-0.25, -0.2) is 0 Å². The molecule has 0 saturated heterocycles. The number of rotatable bonds is 2. The molecule has 0 aromatic heterocycles. The summed E-state index contributed by atoms with van der Waals surface area (Å²) in [6.07, 6.45) is 0. The maximum absolute atomic E-state index is 8.81. The molecule has 0 heterocycles. The predicted molar refractivity (Wildman–Crippen MR) is 76.3 cm³/mol. The third-order valence-corrected chi connectivity index (χ3v) is 3.12. The molecule has 0 fully saturated rings. The third kappa shape index (κ3) is 2.69. The number of nitrogens with zero attached hydrogens (tertiary/aromatic N) is 1. The van der Waals surface area contributed by atoms with Gasteiger partial charge < -0.3 is 10.5 Å². The van der Waals surface area contributed by atoms with Gasteiger partial charge in [-0.2, -0.15) is 5.26 Å². The van der Waals surface area contributed by atoms with Crippen molar-refractivity contribution < 1.29 is 4.74 Å². The van der Waals surface area contributed by atoms with Crippen molar-refractivity contribution in [2.45, 2.75) is 20.8 Å². The molecule has 0 bridgehead atoms. The van der Waals surface area contributed by atoms with Crippen molar-refractivity contribution >= 4 is 5.69 Å². The van der Waals surface area contributed by atoms with Crippen LogP contribution < -0.4 is 10.5 Å². The summed E-state index contributed by atoms with van der Waals surface area (Å²) in [5.41, 5.74) is 10.3. The molecule has 0 unspecified atom stereocenters. The molecule has 2 rings (SSSR count). The molecule has 2 aromatic rings. The third-order valence-electron chi connectivity index (χ3n) is 3.12. The largest absolute Gasteiger partial charge is 0.455 e. The quantitative estimate of drug-likeness (QED) is 0.826. The molecule has 2 aromatic carbocycles. The van der Waals surface area contributed by atoms with Crippen molar-refractivity contribution in [1.29, 1.82) is 5.26 Å². The fraction of sp³-hybridized carbons (Fsp3) is 0.188. The first kappa shape index (κ1) is 13.0. The molecular weight excluding hydrogens is 236 g/mol. The number of anilines is 1. The lowest BCUT2D eigenvalue weighted by Gasteiger charge is -2.13. The monoisotopic (exact) mass is 252 g/mol. The Labute approximate surface area is 113 Å². The highest BCUT2D eigenvalue weighted by atomic mass is 16.5. The average Bonchev–Trinajstić information content (AvgIpc) is 2.37. The van der Waals surface area contributed by atoms with Crippen LogP contribution in [-0.2, 0) is 0 Å². The highest BCUT2D eigenvalue weighted by molar-refractivity contribution is 5.58. The Morgan fingerprint density at radius 3 is 2.42 bits per heavy atom. The van der Waals surface area contributed by atoms with Crippen LogP contribution in [0.4, 0.5) is 5.69 Å². The fourth-order valence-electron chi connectivity index (χ4n) is 1.94. The Hall–Kier alpha value is -2.47. The van der Waals surface area contributed by atoms with Gasteiger partial charge in [0, 0.05) is 0 Å². The highest BCUT2D eigenvalue weighted by Gasteiger charge is 2.08. The van der Waals surface area contributed by atoms with E-state index in [0.717, 1.165) is 16.9 Å². The van der Waals surface area contributed by atoms with Crippen LogP contribution >= 0.6 is 0 Å². The SMILES string of the molecule is Cc1cc(C)c(C)c(Oc2ccc(C#N)cc2N)c1. The molecule has 3 nitrogen and oxygen atoms in total. The highest BCUT2D eigenvalue weighted by Crippen LogP contribution is 2.32.